The first kappa shape index (κ1) is 19.3. The van der Waals surface area contributed by atoms with Gasteiger partial charge >= 0.3 is 0 Å². The van der Waals surface area contributed by atoms with Gasteiger partial charge in [0.25, 0.3) is 0 Å². The molecule has 7 rings (SSSR count). The maximum Gasteiger partial charge on any atom is 0.229 e. The number of amides is 1. The van der Waals surface area contributed by atoms with E-state index >= 15 is 0 Å². The first-order chi connectivity index (χ1) is 15.1. The van der Waals surface area contributed by atoms with Crippen LogP contribution in [0.3, 0.4) is 0 Å². The van der Waals surface area contributed by atoms with E-state index in [0.29, 0.717) is 36.9 Å². The highest BCUT2D eigenvalue weighted by Crippen LogP contribution is 2.64. The van der Waals surface area contributed by atoms with Crippen LogP contribution >= 0.6 is 0 Å². The van der Waals surface area contributed by atoms with Crippen molar-refractivity contribution in [3.8, 4) is 5.75 Å². The van der Waals surface area contributed by atoms with Gasteiger partial charge in [-0.25, -0.2) is 9.67 Å². The summed E-state index contributed by atoms with van der Waals surface area (Å²) in [6, 6.07) is 8.70. The highest BCUT2D eigenvalue weighted by atomic mass is 16.5. The molecule has 0 radical (unpaired) electrons. The second-order valence-electron chi connectivity index (χ2n) is 10.5. The van der Waals surface area contributed by atoms with Crippen molar-refractivity contribution in [1.29, 1.82) is 0 Å². The van der Waals surface area contributed by atoms with Crippen LogP contribution in [0.15, 0.2) is 36.9 Å². The second-order valence-corrected chi connectivity index (χ2v) is 10.5. The van der Waals surface area contributed by atoms with Gasteiger partial charge in [-0.1, -0.05) is 12.1 Å². The molecule has 164 valence electrons. The molecule has 31 heavy (non-hydrogen) atoms. The van der Waals surface area contributed by atoms with E-state index in [1.54, 1.807) is 6.33 Å². The van der Waals surface area contributed by atoms with Crippen LogP contribution in [0.4, 0.5) is 0 Å². The smallest absolute Gasteiger partial charge is 0.229 e. The first-order valence-corrected chi connectivity index (χ1v) is 12.0. The third-order valence-corrected chi connectivity index (χ3v) is 8.22. The lowest BCUT2D eigenvalue weighted by atomic mass is 9.46. The number of benzene rings is 1. The molecule has 1 amide bonds. The number of carbonyl (C=O) groups excluding carboxylic acids is 1. The van der Waals surface area contributed by atoms with Crippen molar-refractivity contribution in [2.24, 2.45) is 17.3 Å². The van der Waals surface area contributed by atoms with Crippen molar-refractivity contribution in [3.63, 3.8) is 0 Å². The van der Waals surface area contributed by atoms with Crippen LogP contribution in [0.5, 0.6) is 5.75 Å². The molecule has 1 heterocycles. The van der Waals surface area contributed by atoms with Crippen LogP contribution in [0, 0.1) is 17.3 Å². The lowest BCUT2D eigenvalue weighted by molar-refractivity contribution is -0.168. The first-order valence-electron chi connectivity index (χ1n) is 12.0. The molecule has 0 aliphatic heterocycles. The molecule has 6 nitrogen and oxygen atoms in total. The summed E-state index contributed by atoms with van der Waals surface area (Å²) in [5.41, 5.74) is 0.966. The third-order valence-electron chi connectivity index (χ3n) is 8.22. The Kier molecular flexibility index (Phi) is 4.41. The second kappa shape index (κ2) is 7.07. The molecule has 5 aliphatic rings. The Balaban J connectivity index is 1.28. The number of hydrogen-bond donors (Lipinski definition) is 0. The Hall–Kier alpha value is -2.37. The van der Waals surface area contributed by atoms with Crippen molar-refractivity contribution < 1.29 is 9.53 Å². The van der Waals surface area contributed by atoms with Crippen LogP contribution in [-0.4, -0.2) is 38.2 Å². The van der Waals surface area contributed by atoms with E-state index in [9.17, 15) is 4.79 Å². The Morgan fingerprint density at radius 1 is 1.16 bits per heavy atom. The van der Waals surface area contributed by atoms with E-state index in [2.05, 4.69) is 31.8 Å². The highest BCUT2D eigenvalue weighted by molar-refractivity contribution is 5.84. The van der Waals surface area contributed by atoms with E-state index in [1.165, 1.54) is 12.0 Å². The van der Waals surface area contributed by atoms with Crippen LogP contribution in [-0.2, 0) is 16.9 Å². The zero-order valence-electron chi connectivity index (χ0n) is 18.4. The molecule has 2 atom stereocenters. The van der Waals surface area contributed by atoms with Crippen molar-refractivity contribution in [2.45, 2.75) is 76.4 Å². The summed E-state index contributed by atoms with van der Waals surface area (Å²) in [6.07, 6.45) is 12.5. The Morgan fingerprint density at radius 2 is 1.90 bits per heavy atom. The number of rotatable bonds is 7. The number of ether oxygens (including phenoxy) is 1. The topological polar surface area (TPSA) is 60.2 Å². The summed E-state index contributed by atoms with van der Waals surface area (Å²) >= 11 is 0. The van der Waals surface area contributed by atoms with Crippen molar-refractivity contribution in [1.82, 2.24) is 19.7 Å². The molecule has 1 aromatic heterocycles. The largest absolute Gasteiger partial charge is 0.494 e. The fraction of sp³-hybridized carbons (Fsp3) is 0.640. The minimum atomic E-state index is -0.218. The zero-order valence-corrected chi connectivity index (χ0v) is 18.4. The summed E-state index contributed by atoms with van der Waals surface area (Å²) in [5.74, 6) is 2.58. The molecule has 2 aromatic rings. The molecule has 1 aromatic carbocycles. The molecule has 0 spiro atoms. The monoisotopic (exact) mass is 420 g/mol. The minimum absolute atomic E-state index is 0.00932. The Labute approximate surface area is 184 Å². The Bertz CT molecular complexity index is 936. The number of hydrogen-bond acceptors (Lipinski definition) is 4. The molecule has 5 saturated carbocycles. The molecule has 6 heteroatoms. The minimum Gasteiger partial charge on any atom is -0.494 e. The van der Waals surface area contributed by atoms with Crippen LogP contribution in [0.25, 0.3) is 0 Å². The average Bonchev–Trinajstić information content (AvgIpc) is 3.43. The van der Waals surface area contributed by atoms with Gasteiger partial charge in [0.05, 0.1) is 17.6 Å². The molecule has 0 N–H and O–H groups in total. The summed E-state index contributed by atoms with van der Waals surface area (Å²) in [5, 5.41) is 4.55. The normalized spacial score (nSPS) is 33.5. The fourth-order valence-corrected chi connectivity index (χ4v) is 7.30. The predicted molar refractivity (Wildman–Crippen MR) is 116 cm³/mol. The van der Waals surface area contributed by atoms with Crippen LogP contribution in [0.2, 0.25) is 0 Å². The molecule has 4 bridgehead atoms. The average molecular weight is 421 g/mol. The van der Waals surface area contributed by atoms with E-state index < -0.39 is 0 Å². The van der Waals surface area contributed by atoms with Gasteiger partial charge < -0.3 is 9.64 Å². The van der Waals surface area contributed by atoms with Crippen LogP contribution < -0.4 is 4.74 Å². The van der Waals surface area contributed by atoms with E-state index in [-0.39, 0.29) is 11.0 Å². The standard InChI is InChI=1S/C25H32N4O2/c1-2-31-22-7-3-18(4-8-22)14-28(21-5-6-21)23(30)24-10-19-9-20(11-24)13-25(12-19,15-24)29-17-26-16-27-29/h3-4,7-8,16-17,19-21H,2,5-6,9-15H2,1H3. The van der Waals surface area contributed by atoms with Gasteiger partial charge in [0.15, 0.2) is 0 Å². The number of nitrogens with zero attached hydrogens (tertiary/aromatic N) is 4. The van der Waals surface area contributed by atoms with E-state index in [1.807, 2.05) is 25.4 Å². The summed E-state index contributed by atoms with van der Waals surface area (Å²) < 4.78 is 7.69. The summed E-state index contributed by atoms with van der Waals surface area (Å²) in [4.78, 5) is 20.7. The highest BCUT2D eigenvalue weighted by Gasteiger charge is 2.62. The van der Waals surface area contributed by atoms with E-state index in [0.717, 1.165) is 50.7 Å². The third kappa shape index (κ3) is 3.26. The maximum atomic E-state index is 14.2. The molecule has 0 saturated heterocycles. The molecular formula is C25H32N4O2. The van der Waals surface area contributed by atoms with Crippen molar-refractivity contribution in [3.05, 3.63) is 42.5 Å². The lowest BCUT2D eigenvalue weighted by Gasteiger charge is -2.61. The summed E-state index contributed by atoms with van der Waals surface area (Å²) in [7, 11) is 0. The van der Waals surface area contributed by atoms with Gasteiger partial charge in [-0.15, -0.1) is 0 Å². The van der Waals surface area contributed by atoms with Gasteiger partial charge in [-0.3, -0.25) is 4.79 Å². The predicted octanol–water partition coefficient (Wildman–Crippen LogP) is 4.16. The quantitative estimate of drug-likeness (QED) is 0.675. The van der Waals surface area contributed by atoms with Gasteiger partial charge in [0.2, 0.25) is 5.91 Å². The van der Waals surface area contributed by atoms with Crippen molar-refractivity contribution >= 4 is 5.91 Å². The summed E-state index contributed by atoms with van der Waals surface area (Å²) in [6.45, 7) is 3.38. The maximum absolute atomic E-state index is 14.2. The van der Waals surface area contributed by atoms with Crippen LogP contribution in [0.1, 0.15) is 63.9 Å². The van der Waals surface area contributed by atoms with E-state index in [4.69, 9.17) is 4.74 Å². The van der Waals surface area contributed by atoms with Gasteiger partial charge in [0.1, 0.15) is 18.4 Å². The molecule has 5 aliphatic carbocycles. The van der Waals surface area contributed by atoms with Gasteiger partial charge in [-0.05, 0) is 87.8 Å². The van der Waals surface area contributed by atoms with Crippen molar-refractivity contribution in [2.75, 3.05) is 6.61 Å². The fourth-order valence-electron chi connectivity index (χ4n) is 7.30. The zero-order chi connectivity index (χ0) is 21.1. The van der Waals surface area contributed by atoms with Gasteiger partial charge in [0, 0.05) is 12.6 Å². The van der Waals surface area contributed by atoms with Gasteiger partial charge in [-0.2, -0.15) is 5.10 Å². The molecule has 2 unspecified atom stereocenters. The molecular weight excluding hydrogens is 388 g/mol. The molecule has 5 fully saturated rings. The lowest BCUT2D eigenvalue weighted by Crippen LogP contribution is -2.61. The number of aromatic nitrogens is 3. The Morgan fingerprint density at radius 3 is 2.52 bits per heavy atom. The number of carbonyl (C=O) groups is 1. The SMILES string of the molecule is CCOc1ccc(CN(C(=O)C23CC4CC(C2)CC(n2cncn2)(C4)C3)C2CC2)cc1.